The van der Waals surface area contributed by atoms with Crippen LogP contribution in [0.25, 0.3) is 10.9 Å². The van der Waals surface area contributed by atoms with Crippen LogP contribution in [0, 0.1) is 12.7 Å². The lowest BCUT2D eigenvalue weighted by Crippen LogP contribution is -2.04. The van der Waals surface area contributed by atoms with Crippen LogP contribution in [0.5, 0.6) is 0 Å². The van der Waals surface area contributed by atoms with Gasteiger partial charge in [0, 0.05) is 5.39 Å². The maximum atomic E-state index is 13.2. The number of hydrogen-bond acceptors (Lipinski definition) is 3. The minimum atomic E-state index is -0.256. The molecule has 0 aliphatic heterocycles. The predicted molar refractivity (Wildman–Crippen MR) is 61.6 cm³/mol. The van der Waals surface area contributed by atoms with Crippen molar-refractivity contribution in [1.82, 2.24) is 9.97 Å². The Morgan fingerprint density at radius 3 is 2.88 bits per heavy atom. The van der Waals surface area contributed by atoms with Crippen molar-refractivity contribution in [1.29, 1.82) is 0 Å². The zero-order valence-electron chi connectivity index (χ0n) is 9.20. The van der Waals surface area contributed by atoms with Crippen molar-refractivity contribution in [3.63, 3.8) is 0 Å². The molecule has 16 heavy (non-hydrogen) atoms. The minimum absolute atomic E-state index is 0.256. The first-order chi connectivity index (χ1) is 7.70. The van der Waals surface area contributed by atoms with Gasteiger partial charge in [-0.25, -0.2) is 14.4 Å². The van der Waals surface area contributed by atoms with Crippen molar-refractivity contribution in [3.05, 3.63) is 35.5 Å². The van der Waals surface area contributed by atoms with Crippen molar-refractivity contribution >= 4 is 10.9 Å². The van der Waals surface area contributed by atoms with E-state index in [1.807, 2.05) is 6.92 Å². The molecular formula is C12H14FN3. The van der Waals surface area contributed by atoms with E-state index in [-0.39, 0.29) is 5.82 Å². The van der Waals surface area contributed by atoms with Crippen molar-refractivity contribution in [2.24, 2.45) is 5.73 Å². The van der Waals surface area contributed by atoms with Crippen molar-refractivity contribution < 1.29 is 4.39 Å². The van der Waals surface area contributed by atoms with Gasteiger partial charge in [0.25, 0.3) is 0 Å². The van der Waals surface area contributed by atoms with Crippen LogP contribution in [0.2, 0.25) is 0 Å². The Hall–Kier alpha value is -1.55. The number of aromatic nitrogens is 2. The third-order valence-electron chi connectivity index (χ3n) is 2.47. The number of fused-ring (bicyclic) bond motifs is 1. The molecule has 3 nitrogen and oxygen atoms in total. The van der Waals surface area contributed by atoms with Crippen molar-refractivity contribution in [2.75, 3.05) is 6.54 Å². The summed E-state index contributed by atoms with van der Waals surface area (Å²) in [6.45, 7) is 2.45. The van der Waals surface area contributed by atoms with Gasteiger partial charge in [0.2, 0.25) is 0 Å². The summed E-state index contributed by atoms with van der Waals surface area (Å²) in [4.78, 5) is 8.62. The van der Waals surface area contributed by atoms with Crippen LogP contribution in [0.3, 0.4) is 0 Å². The summed E-state index contributed by atoms with van der Waals surface area (Å²) >= 11 is 0. The molecule has 4 heteroatoms. The van der Waals surface area contributed by atoms with Gasteiger partial charge in [-0.2, -0.15) is 0 Å². The van der Waals surface area contributed by atoms with Crippen molar-refractivity contribution in [2.45, 2.75) is 19.8 Å². The molecule has 0 atom stereocenters. The second-order valence-electron chi connectivity index (χ2n) is 3.77. The topological polar surface area (TPSA) is 51.8 Å². The van der Waals surface area contributed by atoms with E-state index < -0.39 is 0 Å². The van der Waals surface area contributed by atoms with Crippen LogP contribution in [0.1, 0.15) is 17.9 Å². The number of halogens is 1. The number of aryl methyl sites for hydroxylation is 2. The number of nitrogens with zero attached hydrogens (tertiary/aromatic N) is 2. The summed E-state index contributed by atoms with van der Waals surface area (Å²) in [7, 11) is 0. The maximum absolute atomic E-state index is 13.2. The molecule has 0 fully saturated rings. The Labute approximate surface area is 93.5 Å². The molecule has 2 N–H and O–H groups in total. The van der Waals surface area contributed by atoms with Gasteiger partial charge in [-0.05, 0) is 44.5 Å². The van der Waals surface area contributed by atoms with Gasteiger partial charge in [0.15, 0.2) is 0 Å². The van der Waals surface area contributed by atoms with Crippen molar-refractivity contribution in [3.8, 4) is 0 Å². The smallest absolute Gasteiger partial charge is 0.126 e. The van der Waals surface area contributed by atoms with Gasteiger partial charge < -0.3 is 5.73 Å². The zero-order chi connectivity index (χ0) is 11.5. The number of benzene rings is 1. The monoisotopic (exact) mass is 219 g/mol. The fourth-order valence-electron chi connectivity index (χ4n) is 1.75. The van der Waals surface area contributed by atoms with E-state index in [1.165, 1.54) is 12.1 Å². The number of hydrogen-bond donors (Lipinski definition) is 1. The number of nitrogens with two attached hydrogens (primary N) is 1. The molecule has 0 bridgehead atoms. The minimum Gasteiger partial charge on any atom is -0.330 e. The summed E-state index contributed by atoms with van der Waals surface area (Å²) in [6.07, 6.45) is 1.61. The Morgan fingerprint density at radius 2 is 2.12 bits per heavy atom. The predicted octanol–water partition coefficient (Wildman–Crippen LogP) is 1.97. The van der Waals surface area contributed by atoms with Gasteiger partial charge in [0.1, 0.15) is 11.6 Å². The molecule has 0 spiro atoms. The van der Waals surface area contributed by atoms with E-state index in [0.29, 0.717) is 12.4 Å². The normalized spacial score (nSPS) is 10.9. The Bertz CT molecular complexity index is 511. The molecule has 2 rings (SSSR count). The third-order valence-corrected chi connectivity index (χ3v) is 2.47. The number of rotatable bonds is 3. The van der Waals surface area contributed by atoms with Gasteiger partial charge in [-0.3, -0.25) is 0 Å². The van der Waals surface area contributed by atoms with Gasteiger partial charge in [0.05, 0.1) is 11.2 Å². The second kappa shape index (κ2) is 4.53. The highest BCUT2D eigenvalue weighted by atomic mass is 19.1. The molecule has 0 aliphatic rings. The van der Waals surface area contributed by atoms with E-state index in [4.69, 9.17) is 5.73 Å². The molecule has 1 aromatic heterocycles. The first-order valence-corrected chi connectivity index (χ1v) is 5.33. The second-order valence-corrected chi connectivity index (χ2v) is 3.77. The fraction of sp³-hybridized carbons (Fsp3) is 0.333. The molecule has 0 aliphatic carbocycles. The SMILES string of the molecule is Cc1nc(CCCN)c2cc(F)ccc2n1. The largest absolute Gasteiger partial charge is 0.330 e. The lowest BCUT2D eigenvalue weighted by Gasteiger charge is -2.06. The van der Waals surface area contributed by atoms with Gasteiger partial charge in [-0.15, -0.1) is 0 Å². The van der Waals surface area contributed by atoms with Crippen LogP contribution in [-0.2, 0) is 6.42 Å². The van der Waals surface area contributed by atoms with Crippen LogP contribution in [-0.4, -0.2) is 16.5 Å². The van der Waals surface area contributed by atoms with Crippen LogP contribution in [0.15, 0.2) is 18.2 Å². The molecule has 1 aromatic carbocycles. The molecule has 2 aromatic rings. The molecule has 1 heterocycles. The van der Waals surface area contributed by atoms with E-state index >= 15 is 0 Å². The average molecular weight is 219 g/mol. The summed E-state index contributed by atoms with van der Waals surface area (Å²) in [5, 5.41) is 0.791. The highest BCUT2D eigenvalue weighted by molar-refractivity contribution is 5.80. The maximum Gasteiger partial charge on any atom is 0.126 e. The Balaban J connectivity index is 2.55. The molecule has 0 saturated heterocycles. The van der Waals surface area contributed by atoms with E-state index in [1.54, 1.807) is 6.07 Å². The lowest BCUT2D eigenvalue weighted by atomic mass is 10.1. The summed E-state index contributed by atoms with van der Waals surface area (Å²) < 4.78 is 13.2. The third kappa shape index (κ3) is 2.17. The Morgan fingerprint density at radius 1 is 1.31 bits per heavy atom. The zero-order valence-corrected chi connectivity index (χ0v) is 9.20. The van der Waals surface area contributed by atoms with E-state index in [2.05, 4.69) is 9.97 Å². The van der Waals surface area contributed by atoms with Gasteiger partial charge in [-0.1, -0.05) is 0 Å². The summed E-state index contributed by atoms with van der Waals surface area (Å²) in [6, 6.07) is 4.59. The molecule has 0 radical (unpaired) electrons. The highest BCUT2D eigenvalue weighted by Gasteiger charge is 2.06. The molecule has 0 saturated carbocycles. The van der Waals surface area contributed by atoms with Crippen LogP contribution >= 0.6 is 0 Å². The molecular weight excluding hydrogens is 205 g/mol. The molecule has 0 amide bonds. The first-order valence-electron chi connectivity index (χ1n) is 5.33. The lowest BCUT2D eigenvalue weighted by molar-refractivity contribution is 0.629. The summed E-state index contributed by atoms with van der Waals surface area (Å²) in [5.74, 6) is 0.458. The van der Waals surface area contributed by atoms with Crippen LogP contribution in [0.4, 0.5) is 4.39 Å². The van der Waals surface area contributed by atoms with Crippen LogP contribution < -0.4 is 5.73 Å². The molecule has 0 unspecified atom stereocenters. The summed E-state index contributed by atoms with van der Waals surface area (Å²) in [5.41, 5.74) is 7.15. The van der Waals surface area contributed by atoms with E-state index in [9.17, 15) is 4.39 Å². The first kappa shape index (κ1) is 11.0. The average Bonchev–Trinajstić information content (AvgIpc) is 2.26. The highest BCUT2D eigenvalue weighted by Crippen LogP contribution is 2.18. The molecule has 84 valence electrons. The quantitative estimate of drug-likeness (QED) is 0.858. The Kier molecular flexibility index (Phi) is 3.10. The fourth-order valence-corrected chi connectivity index (χ4v) is 1.75. The standard InChI is InChI=1S/C12H14FN3/c1-8-15-11(3-2-6-14)10-7-9(13)4-5-12(10)16-8/h4-5,7H,2-3,6,14H2,1H3. The van der Waals surface area contributed by atoms with Gasteiger partial charge >= 0.3 is 0 Å². The van der Waals surface area contributed by atoms with E-state index in [0.717, 1.165) is 29.4 Å².